The number of anilines is 1. The number of carbonyl (C=O) groups is 1. The van der Waals surface area contributed by atoms with Crippen LogP contribution in [0.5, 0.6) is 0 Å². The highest BCUT2D eigenvalue weighted by atomic mass is 16.2. The average molecular weight is 322 g/mol. The van der Waals surface area contributed by atoms with Gasteiger partial charge in [-0.05, 0) is 48.1 Å². The van der Waals surface area contributed by atoms with E-state index in [4.69, 9.17) is 0 Å². The summed E-state index contributed by atoms with van der Waals surface area (Å²) in [5.41, 5.74) is 4.90. The van der Waals surface area contributed by atoms with Crippen molar-refractivity contribution in [3.05, 3.63) is 65.2 Å². The van der Waals surface area contributed by atoms with Crippen molar-refractivity contribution in [3.8, 4) is 0 Å². The molecule has 0 aliphatic carbocycles. The third kappa shape index (κ3) is 3.68. The zero-order valence-corrected chi connectivity index (χ0v) is 14.8. The molecule has 0 bridgehead atoms. The molecule has 0 saturated carbocycles. The Labute approximate surface area is 144 Å². The van der Waals surface area contributed by atoms with E-state index >= 15 is 0 Å². The number of benzene rings is 2. The Bertz CT molecular complexity index is 706. The minimum atomic E-state index is -0.136. The summed E-state index contributed by atoms with van der Waals surface area (Å²) < 4.78 is 0. The lowest BCUT2D eigenvalue weighted by Gasteiger charge is -2.32. The van der Waals surface area contributed by atoms with Crippen LogP contribution in [-0.2, 0) is 17.8 Å². The molecule has 2 aromatic carbocycles. The van der Waals surface area contributed by atoms with Crippen LogP contribution in [-0.4, -0.2) is 23.4 Å². The van der Waals surface area contributed by atoms with E-state index in [0.717, 1.165) is 25.2 Å². The van der Waals surface area contributed by atoms with Crippen LogP contribution in [0.4, 0.5) is 5.69 Å². The molecule has 1 atom stereocenters. The third-order valence-electron chi connectivity index (χ3n) is 4.93. The van der Waals surface area contributed by atoms with Gasteiger partial charge in [-0.1, -0.05) is 50.2 Å². The molecule has 0 saturated heterocycles. The van der Waals surface area contributed by atoms with Crippen molar-refractivity contribution in [2.24, 2.45) is 0 Å². The number of amides is 1. The van der Waals surface area contributed by atoms with Crippen LogP contribution in [0.3, 0.4) is 0 Å². The quantitative estimate of drug-likeness (QED) is 0.915. The van der Waals surface area contributed by atoms with Crippen LogP contribution in [0.25, 0.3) is 0 Å². The molecule has 1 aliphatic heterocycles. The van der Waals surface area contributed by atoms with Gasteiger partial charge in [0.05, 0.1) is 6.04 Å². The maximum Gasteiger partial charge on any atom is 0.241 e. The Hall–Kier alpha value is -2.13. The molecular weight excluding hydrogens is 296 g/mol. The Balaban J connectivity index is 1.63. The number of fused-ring (bicyclic) bond motifs is 1. The maximum atomic E-state index is 12.6. The molecular formula is C21H26N2O. The van der Waals surface area contributed by atoms with Crippen LogP contribution in [0.1, 0.15) is 43.4 Å². The minimum Gasteiger partial charge on any atom is -0.325 e. The van der Waals surface area contributed by atoms with Crippen molar-refractivity contribution < 1.29 is 4.79 Å². The summed E-state index contributed by atoms with van der Waals surface area (Å²) in [5, 5.41) is 3.05. The van der Waals surface area contributed by atoms with Gasteiger partial charge >= 0.3 is 0 Å². The van der Waals surface area contributed by atoms with Gasteiger partial charge in [0.2, 0.25) is 5.91 Å². The van der Waals surface area contributed by atoms with Gasteiger partial charge in [-0.3, -0.25) is 9.69 Å². The molecule has 3 nitrogen and oxygen atoms in total. The topological polar surface area (TPSA) is 32.3 Å². The molecule has 0 spiro atoms. The van der Waals surface area contributed by atoms with Crippen molar-refractivity contribution in [2.75, 3.05) is 11.9 Å². The number of hydrogen-bond donors (Lipinski definition) is 1. The number of nitrogens with zero attached hydrogens (tertiary/aromatic N) is 1. The van der Waals surface area contributed by atoms with E-state index in [1.54, 1.807) is 0 Å². The van der Waals surface area contributed by atoms with Crippen LogP contribution >= 0.6 is 0 Å². The first-order chi connectivity index (χ1) is 11.5. The second-order valence-electron chi connectivity index (χ2n) is 6.93. The summed E-state index contributed by atoms with van der Waals surface area (Å²) in [7, 11) is 0. The van der Waals surface area contributed by atoms with Gasteiger partial charge in [0.1, 0.15) is 0 Å². The predicted molar refractivity (Wildman–Crippen MR) is 99.2 cm³/mol. The highest BCUT2D eigenvalue weighted by Crippen LogP contribution is 2.21. The molecule has 126 valence electrons. The second kappa shape index (κ2) is 7.18. The van der Waals surface area contributed by atoms with E-state index < -0.39 is 0 Å². The first kappa shape index (κ1) is 16.7. The molecule has 24 heavy (non-hydrogen) atoms. The summed E-state index contributed by atoms with van der Waals surface area (Å²) in [6, 6.07) is 16.5. The Morgan fingerprint density at radius 3 is 2.33 bits per heavy atom. The van der Waals surface area contributed by atoms with Gasteiger partial charge in [0, 0.05) is 18.8 Å². The van der Waals surface area contributed by atoms with Gasteiger partial charge in [-0.2, -0.15) is 0 Å². The first-order valence-electron chi connectivity index (χ1n) is 8.76. The molecule has 1 N–H and O–H groups in total. The lowest BCUT2D eigenvalue weighted by atomic mass is 9.98. The standard InChI is InChI=1S/C21H26N2O/c1-15(2)17-8-10-20(11-9-17)22-21(24)16(3)23-13-12-18-6-4-5-7-19(18)14-23/h4-11,15-16H,12-14H2,1-3H3,(H,22,24)/t16-/m0/s1. The molecule has 0 unspecified atom stereocenters. The van der Waals surface area contributed by atoms with Crippen LogP contribution in [0.15, 0.2) is 48.5 Å². The zero-order valence-electron chi connectivity index (χ0n) is 14.8. The van der Waals surface area contributed by atoms with Gasteiger partial charge in [-0.25, -0.2) is 0 Å². The van der Waals surface area contributed by atoms with E-state index in [1.807, 2.05) is 19.1 Å². The molecule has 1 heterocycles. The fourth-order valence-corrected chi connectivity index (χ4v) is 3.21. The number of nitrogens with one attached hydrogen (secondary N) is 1. The molecule has 2 aromatic rings. The van der Waals surface area contributed by atoms with Gasteiger partial charge < -0.3 is 5.32 Å². The molecule has 3 rings (SSSR count). The van der Waals surface area contributed by atoms with Gasteiger partial charge in [-0.15, -0.1) is 0 Å². The molecule has 0 fully saturated rings. The van der Waals surface area contributed by atoms with Gasteiger partial charge in [0.25, 0.3) is 0 Å². The van der Waals surface area contributed by atoms with E-state index in [1.165, 1.54) is 16.7 Å². The SMILES string of the molecule is CC(C)c1ccc(NC(=O)[C@H](C)N2CCc3ccccc3C2)cc1. The second-order valence-corrected chi connectivity index (χ2v) is 6.93. The van der Waals surface area contributed by atoms with Crippen molar-refractivity contribution in [1.82, 2.24) is 4.90 Å². The van der Waals surface area contributed by atoms with Crippen molar-refractivity contribution in [2.45, 2.75) is 45.7 Å². The van der Waals surface area contributed by atoms with Crippen LogP contribution in [0, 0.1) is 0 Å². The monoisotopic (exact) mass is 322 g/mol. The first-order valence-corrected chi connectivity index (χ1v) is 8.76. The van der Waals surface area contributed by atoms with Crippen molar-refractivity contribution >= 4 is 11.6 Å². The molecule has 1 aliphatic rings. The molecule has 0 radical (unpaired) electrons. The number of rotatable bonds is 4. The van der Waals surface area contributed by atoms with E-state index in [0.29, 0.717) is 5.92 Å². The largest absolute Gasteiger partial charge is 0.325 e. The molecule has 1 amide bonds. The third-order valence-corrected chi connectivity index (χ3v) is 4.93. The fraction of sp³-hybridized carbons (Fsp3) is 0.381. The van der Waals surface area contributed by atoms with E-state index in [9.17, 15) is 4.79 Å². The number of carbonyl (C=O) groups excluding carboxylic acids is 1. The summed E-state index contributed by atoms with van der Waals surface area (Å²) >= 11 is 0. The van der Waals surface area contributed by atoms with Crippen molar-refractivity contribution in [1.29, 1.82) is 0 Å². The van der Waals surface area contributed by atoms with E-state index in [-0.39, 0.29) is 11.9 Å². The highest BCUT2D eigenvalue weighted by molar-refractivity contribution is 5.94. The lowest BCUT2D eigenvalue weighted by molar-refractivity contribution is -0.121. The Morgan fingerprint density at radius 2 is 1.67 bits per heavy atom. The fourth-order valence-electron chi connectivity index (χ4n) is 3.21. The lowest BCUT2D eigenvalue weighted by Crippen LogP contribution is -2.44. The van der Waals surface area contributed by atoms with Crippen molar-refractivity contribution in [3.63, 3.8) is 0 Å². The summed E-state index contributed by atoms with van der Waals surface area (Å²) in [4.78, 5) is 14.8. The molecule has 0 aromatic heterocycles. The predicted octanol–water partition coefficient (Wildman–Crippen LogP) is 4.20. The summed E-state index contributed by atoms with van der Waals surface area (Å²) in [5.74, 6) is 0.564. The zero-order chi connectivity index (χ0) is 17.1. The van der Waals surface area contributed by atoms with E-state index in [2.05, 4.69) is 60.5 Å². The van der Waals surface area contributed by atoms with Crippen LogP contribution in [0.2, 0.25) is 0 Å². The summed E-state index contributed by atoms with van der Waals surface area (Å²) in [6.07, 6.45) is 1.01. The Morgan fingerprint density at radius 1 is 1.00 bits per heavy atom. The normalized spacial score (nSPS) is 15.8. The Kier molecular flexibility index (Phi) is 5.00. The summed E-state index contributed by atoms with van der Waals surface area (Å²) in [6.45, 7) is 8.11. The smallest absolute Gasteiger partial charge is 0.241 e. The minimum absolute atomic E-state index is 0.0617. The number of hydrogen-bond acceptors (Lipinski definition) is 2. The maximum absolute atomic E-state index is 12.6. The van der Waals surface area contributed by atoms with Gasteiger partial charge in [0.15, 0.2) is 0 Å². The average Bonchev–Trinajstić information content (AvgIpc) is 2.61. The highest BCUT2D eigenvalue weighted by Gasteiger charge is 2.25. The van der Waals surface area contributed by atoms with Crippen LogP contribution < -0.4 is 5.32 Å². The molecule has 3 heteroatoms.